The zero-order valence-electron chi connectivity index (χ0n) is 19.0. The van der Waals surface area contributed by atoms with Gasteiger partial charge in [-0.1, -0.05) is 12.1 Å². The van der Waals surface area contributed by atoms with Crippen molar-refractivity contribution in [1.29, 1.82) is 0 Å². The van der Waals surface area contributed by atoms with Gasteiger partial charge in [0.2, 0.25) is 0 Å². The van der Waals surface area contributed by atoms with E-state index in [1.54, 1.807) is 18.2 Å². The Balaban J connectivity index is 1.69. The number of nitrogens with zero attached hydrogens (tertiary/aromatic N) is 4. The van der Waals surface area contributed by atoms with Crippen LogP contribution in [0.3, 0.4) is 0 Å². The summed E-state index contributed by atoms with van der Waals surface area (Å²) in [5, 5.41) is 17.3. The molecule has 1 amide bonds. The van der Waals surface area contributed by atoms with E-state index in [-0.39, 0.29) is 21.6 Å². The van der Waals surface area contributed by atoms with E-state index in [1.807, 2.05) is 13.0 Å². The van der Waals surface area contributed by atoms with E-state index in [9.17, 15) is 36.9 Å². The number of amides is 1. The third kappa shape index (κ3) is 5.17. The molecule has 4 rings (SSSR count). The first-order valence-corrected chi connectivity index (χ1v) is 10.4. The normalized spacial score (nSPS) is 12.0. The number of aromatic nitrogens is 3. The van der Waals surface area contributed by atoms with Crippen LogP contribution in [0.1, 0.15) is 27.4 Å². The van der Waals surface area contributed by atoms with Crippen LogP contribution < -0.4 is 10.1 Å². The Hall–Kier alpha value is -4.62. The molecule has 1 N–H and O–H groups in total. The fraction of sp³-hybridized carbons (Fsp3) is 0.174. The van der Waals surface area contributed by atoms with Gasteiger partial charge in [-0.3, -0.25) is 14.9 Å². The monoisotopic (exact) mass is 521 g/mol. The molecule has 0 radical (unpaired) electrons. The number of nitro benzene ring substituents is 1. The molecule has 9 nitrogen and oxygen atoms in total. The number of rotatable bonds is 6. The Morgan fingerprint density at radius 2 is 1.76 bits per heavy atom. The van der Waals surface area contributed by atoms with Gasteiger partial charge in [0, 0.05) is 23.9 Å². The highest BCUT2D eigenvalue weighted by Gasteiger charge is 2.60. The smallest absolute Gasteiger partial charge is 0.457 e. The van der Waals surface area contributed by atoms with Crippen molar-refractivity contribution < 1.29 is 36.4 Å². The van der Waals surface area contributed by atoms with E-state index < -0.39 is 45.7 Å². The minimum atomic E-state index is -5.92. The molecule has 14 heteroatoms. The molecule has 0 atom stereocenters. The minimum absolute atomic E-state index is 0.00879. The number of nitro groups is 1. The molecule has 192 valence electrons. The highest BCUT2D eigenvalue weighted by Crippen LogP contribution is 2.43. The number of ether oxygens (including phenoxy) is 1. The van der Waals surface area contributed by atoms with Crippen molar-refractivity contribution >= 4 is 22.9 Å². The van der Waals surface area contributed by atoms with Gasteiger partial charge in [0.25, 0.3) is 11.6 Å². The summed E-state index contributed by atoms with van der Waals surface area (Å²) in [7, 11) is 0. The Bertz CT molecular complexity index is 1530. The lowest BCUT2D eigenvalue weighted by Crippen LogP contribution is -2.36. The Morgan fingerprint density at radius 1 is 1.03 bits per heavy atom. The second-order valence-corrected chi connectivity index (χ2v) is 8.00. The van der Waals surface area contributed by atoms with E-state index in [0.717, 1.165) is 23.8 Å². The highest BCUT2D eigenvalue weighted by molar-refractivity contribution is 6.03. The first-order valence-electron chi connectivity index (χ1n) is 10.4. The van der Waals surface area contributed by atoms with Gasteiger partial charge >= 0.3 is 12.1 Å². The largest absolute Gasteiger partial charge is 0.459 e. The molecule has 0 spiro atoms. The molecule has 4 aromatic rings. The van der Waals surface area contributed by atoms with Crippen LogP contribution in [0, 0.1) is 24.0 Å². The van der Waals surface area contributed by atoms with E-state index in [1.165, 1.54) is 13.0 Å². The molecule has 0 aliphatic rings. The first kappa shape index (κ1) is 25.5. The number of fused-ring (bicyclic) bond motifs is 1. The van der Waals surface area contributed by atoms with Gasteiger partial charge < -0.3 is 10.1 Å². The fourth-order valence-corrected chi connectivity index (χ4v) is 3.41. The number of halogens is 5. The predicted molar refractivity (Wildman–Crippen MR) is 120 cm³/mol. The Morgan fingerprint density at radius 3 is 2.41 bits per heavy atom. The Labute approximate surface area is 204 Å². The molecular formula is C23H16F5N5O4. The lowest BCUT2D eigenvalue weighted by atomic mass is 10.2. The van der Waals surface area contributed by atoms with Crippen LogP contribution in [-0.2, 0) is 5.92 Å². The number of hydrogen-bond acceptors (Lipinski definition) is 6. The molecule has 2 aromatic carbocycles. The number of non-ortho nitro benzene ring substituents is 1. The van der Waals surface area contributed by atoms with Crippen LogP contribution in [-0.4, -0.2) is 31.6 Å². The second kappa shape index (κ2) is 9.11. The average Bonchev–Trinajstić information content (AvgIpc) is 3.21. The van der Waals surface area contributed by atoms with Gasteiger partial charge in [0.1, 0.15) is 17.2 Å². The Kier molecular flexibility index (Phi) is 6.27. The van der Waals surface area contributed by atoms with Crippen LogP contribution in [0.15, 0.2) is 54.6 Å². The number of aryl methyl sites for hydroxylation is 2. The zero-order chi connectivity index (χ0) is 27.1. The number of anilines is 1. The van der Waals surface area contributed by atoms with Crippen molar-refractivity contribution in [1.82, 2.24) is 14.6 Å². The number of benzene rings is 2. The lowest BCUT2D eigenvalue weighted by Gasteiger charge is -2.20. The predicted octanol–water partition coefficient (Wildman–Crippen LogP) is 5.95. The van der Waals surface area contributed by atoms with E-state index in [2.05, 4.69) is 15.4 Å². The molecule has 0 aliphatic carbocycles. The van der Waals surface area contributed by atoms with E-state index in [4.69, 9.17) is 4.74 Å². The van der Waals surface area contributed by atoms with Gasteiger partial charge in [0.15, 0.2) is 11.3 Å². The number of nitrogens with one attached hydrogen (secondary N) is 1. The number of carbonyl (C=O) groups is 1. The van der Waals surface area contributed by atoms with Crippen molar-refractivity contribution in [3.8, 4) is 11.5 Å². The molecule has 0 unspecified atom stereocenters. The van der Waals surface area contributed by atoms with Crippen LogP contribution in [0.2, 0.25) is 0 Å². The van der Waals surface area contributed by atoms with Crippen molar-refractivity contribution in [2.24, 2.45) is 0 Å². The number of alkyl halides is 5. The molecule has 0 bridgehead atoms. The van der Waals surface area contributed by atoms with Gasteiger partial charge in [-0.05, 0) is 37.6 Å². The van der Waals surface area contributed by atoms with E-state index in [0.29, 0.717) is 11.8 Å². The van der Waals surface area contributed by atoms with Crippen LogP contribution in [0.4, 0.5) is 33.3 Å². The maximum absolute atomic E-state index is 14.1. The third-order valence-corrected chi connectivity index (χ3v) is 5.05. The van der Waals surface area contributed by atoms with Gasteiger partial charge in [0.05, 0.1) is 16.7 Å². The van der Waals surface area contributed by atoms with Gasteiger partial charge in [-0.25, -0.2) is 9.50 Å². The summed E-state index contributed by atoms with van der Waals surface area (Å²) >= 11 is 0. The molecule has 0 saturated heterocycles. The lowest BCUT2D eigenvalue weighted by molar-refractivity contribution is -0.384. The van der Waals surface area contributed by atoms with E-state index >= 15 is 0 Å². The summed E-state index contributed by atoms with van der Waals surface area (Å²) in [6, 6.07) is 11.7. The van der Waals surface area contributed by atoms with Crippen LogP contribution >= 0.6 is 0 Å². The quantitative estimate of drug-likeness (QED) is 0.191. The van der Waals surface area contributed by atoms with Crippen molar-refractivity contribution in [2.45, 2.75) is 25.9 Å². The van der Waals surface area contributed by atoms with Gasteiger partial charge in [-0.15, -0.1) is 0 Å². The number of carbonyl (C=O) groups excluding carboxylic acids is 1. The molecule has 0 saturated carbocycles. The third-order valence-electron chi connectivity index (χ3n) is 5.05. The SMILES string of the molecule is Cc1cccc(Oc2cc(NC(=O)c3cc4nc(C)cc(C(F)(F)C(F)(F)F)n4n3)cc([N+](=O)[O-])c2)c1. The summed E-state index contributed by atoms with van der Waals surface area (Å²) in [5.74, 6) is -5.93. The second-order valence-electron chi connectivity index (χ2n) is 8.00. The van der Waals surface area contributed by atoms with Crippen LogP contribution in [0.25, 0.3) is 5.65 Å². The summed E-state index contributed by atoms with van der Waals surface area (Å²) in [5.41, 5.74) is -2.33. The van der Waals surface area contributed by atoms with Gasteiger partial charge in [-0.2, -0.15) is 27.1 Å². The molecule has 0 aliphatic heterocycles. The maximum atomic E-state index is 14.1. The number of hydrogen-bond donors (Lipinski definition) is 1. The van der Waals surface area contributed by atoms with Crippen molar-refractivity contribution in [3.63, 3.8) is 0 Å². The summed E-state index contributed by atoms with van der Waals surface area (Å²) in [6.45, 7) is 3.02. The first-order chi connectivity index (χ1) is 17.2. The minimum Gasteiger partial charge on any atom is -0.457 e. The topological polar surface area (TPSA) is 112 Å². The zero-order valence-corrected chi connectivity index (χ0v) is 19.0. The fourth-order valence-electron chi connectivity index (χ4n) is 3.41. The average molecular weight is 521 g/mol. The van der Waals surface area contributed by atoms with Crippen molar-refractivity contribution in [3.05, 3.63) is 87.4 Å². The molecular weight excluding hydrogens is 505 g/mol. The van der Waals surface area contributed by atoms with Crippen molar-refractivity contribution in [2.75, 3.05) is 5.32 Å². The molecule has 2 heterocycles. The molecule has 37 heavy (non-hydrogen) atoms. The summed E-state index contributed by atoms with van der Waals surface area (Å²) < 4.78 is 73.1. The highest BCUT2D eigenvalue weighted by atomic mass is 19.4. The van der Waals surface area contributed by atoms with Crippen LogP contribution in [0.5, 0.6) is 11.5 Å². The summed E-state index contributed by atoms with van der Waals surface area (Å²) in [6.07, 6.45) is -5.92. The molecule has 2 aromatic heterocycles. The summed E-state index contributed by atoms with van der Waals surface area (Å²) in [4.78, 5) is 27.3. The standard InChI is InChI=1S/C23H16F5N5O4/c1-12-4-3-5-16(6-12)37-17-9-14(8-15(10-17)33(35)36)30-21(34)18-11-20-29-13(2)7-19(32(20)31-18)22(24,25)23(26,27)28/h3-11H,1-2H3,(H,30,34). The maximum Gasteiger partial charge on any atom is 0.459 e. The molecule has 0 fully saturated rings.